The van der Waals surface area contributed by atoms with Gasteiger partial charge in [-0.1, -0.05) is 0 Å². The lowest BCUT2D eigenvalue weighted by atomic mass is 9.81. The van der Waals surface area contributed by atoms with Gasteiger partial charge in [-0.3, -0.25) is 0 Å². The number of aromatic hydroxyl groups is 1. The fraction of sp³-hybridized carbons (Fsp3) is 0.474. The minimum Gasteiger partial charge on any atom is -0.507 e. The molecule has 1 aromatic carbocycles. The molecule has 5 nitrogen and oxygen atoms in total. The van der Waals surface area contributed by atoms with Crippen molar-refractivity contribution in [2.45, 2.75) is 38.5 Å². The van der Waals surface area contributed by atoms with Crippen molar-refractivity contribution in [1.82, 2.24) is 15.5 Å². The van der Waals surface area contributed by atoms with E-state index in [1.165, 1.54) is 6.07 Å². The van der Waals surface area contributed by atoms with Gasteiger partial charge in [0.05, 0.1) is 17.0 Å². The summed E-state index contributed by atoms with van der Waals surface area (Å²) in [5.74, 6) is -0.525. The SMILES string of the molecule is Cc1cc(C(C)(O)C2CCCNC2)nnc1-c1ccc(C(F)(F)F)cc1O. The number of benzene rings is 1. The number of rotatable bonds is 3. The van der Waals surface area contributed by atoms with Gasteiger partial charge in [0.15, 0.2) is 0 Å². The Morgan fingerprint density at radius 2 is 1.93 bits per heavy atom. The molecule has 0 saturated carbocycles. The molecule has 8 heteroatoms. The van der Waals surface area contributed by atoms with E-state index in [0.29, 0.717) is 23.9 Å². The molecule has 2 atom stereocenters. The summed E-state index contributed by atoms with van der Waals surface area (Å²) in [6.07, 6.45) is -2.71. The molecule has 2 heterocycles. The minimum absolute atomic E-state index is 0.00901. The second-order valence-corrected chi connectivity index (χ2v) is 7.18. The summed E-state index contributed by atoms with van der Waals surface area (Å²) in [5.41, 5.74) is -0.644. The van der Waals surface area contributed by atoms with Gasteiger partial charge in [-0.25, -0.2) is 0 Å². The lowest BCUT2D eigenvalue weighted by Gasteiger charge is -2.35. The maximum absolute atomic E-state index is 12.8. The molecule has 0 amide bonds. The zero-order valence-electron chi connectivity index (χ0n) is 15.1. The van der Waals surface area contributed by atoms with E-state index >= 15 is 0 Å². The Morgan fingerprint density at radius 3 is 2.48 bits per heavy atom. The fourth-order valence-corrected chi connectivity index (χ4v) is 3.45. The van der Waals surface area contributed by atoms with Crippen LogP contribution in [-0.4, -0.2) is 33.5 Å². The van der Waals surface area contributed by atoms with Crippen molar-refractivity contribution in [1.29, 1.82) is 0 Å². The lowest BCUT2D eigenvalue weighted by Crippen LogP contribution is -2.43. The molecule has 3 rings (SSSR count). The number of hydrogen-bond acceptors (Lipinski definition) is 5. The van der Waals surface area contributed by atoms with Crippen LogP contribution in [0.3, 0.4) is 0 Å². The Bertz CT molecular complexity index is 831. The highest BCUT2D eigenvalue weighted by Gasteiger charge is 2.36. The highest BCUT2D eigenvalue weighted by molar-refractivity contribution is 5.69. The Balaban J connectivity index is 1.93. The minimum atomic E-state index is -4.53. The van der Waals surface area contributed by atoms with Crippen LogP contribution in [0, 0.1) is 12.8 Å². The van der Waals surface area contributed by atoms with Crippen molar-refractivity contribution in [2.75, 3.05) is 13.1 Å². The molecule has 3 N–H and O–H groups in total. The van der Waals surface area contributed by atoms with Crippen molar-refractivity contribution in [2.24, 2.45) is 5.92 Å². The van der Waals surface area contributed by atoms with E-state index in [1.807, 2.05) is 0 Å². The zero-order chi connectivity index (χ0) is 19.8. The molecule has 0 bridgehead atoms. The van der Waals surface area contributed by atoms with Gasteiger partial charge in [-0.05, 0) is 63.1 Å². The Morgan fingerprint density at radius 1 is 1.19 bits per heavy atom. The van der Waals surface area contributed by atoms with Crippen LogP contribution in [0.4, 0.5) is 13.2 Å². The maximum Gasteiger partial charge on any atom is 0.416 e. The van der Waals surface area contributed by atoms with Crippen molar-refractivity contribution in [3.8, 4) is 17.0 Å². The van der Waals surface area contributed by atoms with E-state index in [-0.39, 0.29) is 17.2 Å². The van der Waals surface area contributed by atoms with Gasteiger partial charge in [0.1, 0.15) is 11.4 Å². The second-order valence-electron chi connectivity index (χ2n) is 7.18. The van der Waals surface area contributed by atoms with Crippen LogP contribution in [0.5, 0.6) is 5.75 Å². The zero-order valence-corrected chi connectivity index (χ0v) is 15.1. The van der Waals surface area contributed by atoms with Gasteiger partial charge >= 0.3 is 6.18 Å². The molecule has 1 fully saturated rings. The summed E-state index contributed by atoms with van der Waals surface area (Å²) >= 11 is 0. The molecule has 0 spiro atoms. The maximum atomic E-state index is 12.8. The van der Waals surface area contributed by atoms with E-state index < -0.39 is 23.1 Å². The van der Waals surface area contributed by atoms with Gasteiger partial charge < -0.3 is 15.5 Å². The van der Waals surface area contributed by atoms with Gasteiger partial charge in [0.25, 0.3) is 0 Å². The van der Waals surface area contributed by atoms with Crippen molar-refractivity contribution in [3.05, 3.63) is 41.1 Å². The first kappa shape index (κ1) is 19.6. The summed E-state index contributed by atoms with van der Waals surface area (Å²) in [5, 5.41) is 32.5. The van der Waals surface area contributed by atoms with Crippen LogP contribution in [0.15, 0.2) is 24.3 Å². The number of nitrogens with zero attached hydrogens (tertiary/aromatic N) is 2. The van der Waals surface area contributed by atoms with Crippen molar-refractivity contribution < 1.29 is 23.4 Å². The Labute approximate surface area is 155 Å². The smallest absolute Gasteiger partial charge is 0.416 e. The Kier molecular flexibility index (Phi) is 5.14. The molecule has 146 valence electrons. The highest BCUT2D eigenvalue weighted by atomic mass is 19.4. The van der Waals surface area contributed by atoms with Gasteiger partial charge in [0.2, 0.25) is 0 Å². The number of hydrogen-bond donors (Lipinski definition) is 3. The number of aliphatic hydroxyl groups is 1. The number of aryl methyl sites for hydroxylation is 1. The van der Waals surface area contributed by atoms with E-state index in [4.69, 9.17) is 0 Å². The highest BCUT2D eigenvalue weighted by Crippen LogP contribution is 2.38. The fourth-order valence-electron chi connectivity index (χ4n) is 3.45. The van der Waals surface area contributed by atoms with Crippen LogP contribution in [-0.2, 0) is 11.8 Å². The first-order valence-electron chi connectivity index (χ1n) is 8.79. The molecule has 1 aliphatic heterocycles. The predicted octanol–water partition coefficient (Wildman–Crippen LogP) is 3.38. The third-order valence-corrected chi connectivity index (χ3v) is 5.18. The standard InChI is InChI=1S/C19H22F3N3O2/c1-11-8-16(18(2,27)13-4-3-7-23-10-13)24-25-17(11)14-6-5-12(9-15(14)26)19(20,21)22/h5-6,8-9,13,23,26-27H,3-4,7,10H2,1-2H3. The summed E-state index contributed by atoms with van der Waals surface area (Å²) in [4.78, 5) is 0. The molecule has 27 heavy (non-hydrogen) atoms. The van der Waals surface area contributed by atoms with Crippen LogP contribution < -0.4 is 5.32 Å². The molecule has 0 radical (unpaired) electrons. The summed E-state index contributed by atoms with van der Waals surface area (Å²) in [6.45, 7) is 5.02. The molecular formula is C19H22F3N3O2. The first-order chi connectivity index (χ1) is 12.6. The topological polar surface area (TPSA) is 78.3 Å². The average molecular weight is 381 g/mol. The number of phenols is 1. The number of phenolic OH excluding ortho intramolecular Hbond substituents is 1. The van der Waals surface area contributed by atoms with E-state index in [1.54, 1.807) is 19.9 Å². The molecule has 2 unspecified atom stereocenters. The van der Waals surface area contributed by atoms with E-state index in [9.17, 15) is 23.4 Å². The van der Waals surface area contributed by atoms with E-state index in [2.05, 4.69) is 15.5 Å². The van der Waals surface area contributed by atoms with Gasteiger partial charge in [-0.15, -0.1) is 5.10 Å². The number of piperidine rings is 1. The van der Waals surface area contributed by atoms with Crippen LogP contribution in [0.1, 0.15) is 36.6 Å². The number of aromatic nitrogens is 2. The van der Waals surface area contributed by atoms with Crippen LogP contribution >= 0.6 is 0 Å². The number of halogens is 3. The first-order valence-corrected chi connectivity index (χ1v) is 8.79. The third-order valence-electron chi connectivity index (χ3n) is 5.18. The summed E-state index contributed by atoms with van der Waals surface area (Å²) in [6, 6.07) is 4.42. The number of nitrogens with one attached hydrogen (secondary N) is 1. The third kappa shape index (κ3) is 3.91. The normalized spacial score (nSPS) is 20.3. The van der Waals surface area contributed by atoms with Crippen LogP contribution in [0.2, 0.25) is 0 Å². The predicted molar refractivity (Wildman–Crippen MR) is 94.0 cm³/mol. The van der Waals surface area contributed by atoms with Crippen molar-refractivity contribution in [3.63, 3.8) is 0 Å². The number of alkyl halides is 3. The molecule has 1 saturated heterocycles. The summed E-state index contributed by atoms with van der Waals surface area (Å²) < 4.78 is 38.3. The molecule has 2 aromatic rings. The van der Waals surface area contributed by atoms with Crippen LogP contribution in [0.25, 0.3) is 11.3 Å². The van der Waals surface area contributed by atoms with E-state index in [0.717, 1.165) is 25.5 Å². The van der Waals surface area contributed by atoms with Crippen molar-refractivity contribution >= 4 is 0 Å². The molecular weight excluding hydrogens is 359 g/mol. The molecule has 1 aromatic heterocycles. The largest absolute Gasteiger partial charge is 0.507 e. The average Bonchev–Trinajstić information content (AvgIpc) is 2.62. The summed E-state index contributed by atoms with van der Waals surface area (Å²) in [7, 11) is 0. The molecule has 1 aliphatic rings. The second kappa shape index (κ2) is 7.09. The van der Waals surface area contributed by atoms with Gasteiger partial charge in [-0.2, -0.15) is 18.3 Å². The molecule has 0 aliphatic carbocycles. The quantitative estimate of drug-likeness (QED) is 0.760. The Hall–Kier alpha value is -2.19. The van der Waals surface area contributed by atoms with Gasteiger partial charge in [0, 0.05) is 18.0 Å². The monoisotopic (exact) mass is 381 g/mol. The lowest BCUT2D eigenvalue weighted by molar-refractivity contribution is -0.137.